The molecular weight excluding hydrogens is 273 g/mol. The summed E-state index contributed by atoms with van der Waals surface area (Å²) in [5.74, 6) is -0.772. The molecule has 0 spiro atoms. The number of hydrogen-bond acceptors (Lipinski definition) is 0. The highest BCUT2D eigenvalue weighted by Crippen LogP contribution is 2.19. The van der Waals surface area contributed by atoms with Crippen molar-refractivity contribution in [2.24, 2.45) is 0 Å². The normalized spacial score (nSPS) is 13.0. The molecule has 0 saturated carbocycles. The molecule has 0 nitrogen and oxygen atoms in total. The Balaban J connectivity index is 2.96. The third kappa shape index (κ3) is 2.15. The Kier molecular flexibility index (Phi) is 3.43. The molecule has 0 aliphatic heterocycles. The summed E-state index contributed by atoms with van der Waals surface area (Å²) < 4.78 is 25.6. The molecule has 3 heteroatoms. The van der Waals surface area contributed by atoms with Crippen LogP contribution in [-0.4, -0.2) is 6.67 Å². The average Bonchev–Trinajstić information content (AvgIpc) is 2.08. The first-order valence-corrected chi connectivity index (χ1v) is 4.57. The molecule has 1 atom stereocenters. The van der Waals surface area contributed by atoms with Gasteiger partial charge in [-0.25, -0.2) is 4.39 Å². The first kappa shape index (κ1) is 9.89. The van der Waals surface area contributed by atoms with Crippen molar-refractivity contribution in [3.8, 4) is 0 Å². The molecule has 0 fully saturated rings. The van der Waals surface area contributed by atoms with E-state index in [0.29, 0.717) is 9.13 Å². The quantitative estimate of drug-likeness (QED) is 0.729. The van der Waals surface area contributed by atoms with Crippen LogP contribution in [0.3, 0.4) is 0 Å². The highest BCUT2D eigenvalue weighted by molar-refractivity contribution is 14.1. The summed E-state index contributed by atoms with van der Waals surface area (Å²) in [5, 5.41) is 0. The van der Waals surface area contributed by atoms with Crippen LogP contribution in [0, 0.1) is 16.3 Å². The molecule has 1 radical (unpaired) electrons. The van der Waals surface area contributed by atoms with E-state index in [2.05, 4.69) is 6.92 Å². The molecule has 0 saturated heterocycles. The lowest BCUT2D eigenvalue weighted by atomic mass is 10.0. The topological polar surface area (TPSA) is 0 Å². The van der Waals surface area contributed by atoms with Crippen LogP contribution in [0.2, 0.25) is 0 Å². The van der Waals surface area contributed by atoms with Gasteiger partial charge in [-0.3, -0.25) is 4.39 Å². The minimum absolute atomic E-state index is 0.310. The number of benzene rings is 1. The lowest BCUT2D eigenvalue weighted by Crippen LogP contribution is -1.97. The van der Waals surface area contributed by atoms with Crippen LogP contribution < -0.4 is 0 Å². The van der Waals surface area contributed by atoms with E-state index in [0.717, 1.165) is 0 Å². The van der Waals surface area contributed by atoms with E-state index in [9.17, 15) is 8.78 Å². The van der Waals surface area contributed by atoms with E-state index in [-0.39, 0.29) is 5.82 Å². The van der Waals surface area contributed by atoms with E-state index in [1.165, 1.54) is 6.07 Å². The Morgan fingerprint density at radius 3 is 2.67 bits per heavy atom. The summed E-state index contributed by atoms with van der Waals surface area (Å²) >= 11 is 1.89. The van der Waals surface area contributed by atoms with E-state index >= 15 is 0 Å². The van der Waals surface area contributed by atoms with Crippen molar-refractivity contribution in [3.05, 3.63) is 40.1 Å². The highest BCUT2D eigenvalue weighted by atomic mass is 127. The minimum atomic E-state index is -0.556. The van der Waals surface area contributed by atoms with Gasteiger partial charge in [-0.2, -0.15) is 0 Å². The van der Waals surface area contributed by atoms with E-state index in [1.807, 2.05) is 22.6 Å². The molecule has 0 bridgehead atoms. The molecule has 0 heterocycles. The average molecular weight is 281 g/mol. The molecule has 12 heavy (non-hydrogen) atoms. The van der Waals surface area contributed by atoms with Crippen LogP contribution in [0.15, 0.2) is 18.2 Å². The lowest BCUT2D eigenvalue weighted by molar-refractivity contribution is 0.464. The third-order valence-corrected chi connectivity index (χ3v) is 2.48. The fraction of sp³-hybridized carbons (Fsp3) is 0.222. The molecule has 1 aromatic rings. The predicted octanol–water partition coefficient (Wildman–Crippen LogP) is 3.32. The summed E-state index contributed by atoms with van der Waals surface area (Å²) in [4.78, 5) is 0. The number of hydrogen-bond donors (Lipinski definition) is 0. The molecule has 0 amide bonds. The van der Waals surface area contributed by atoms with Crippen LogP contribution in [0.4, 0.5) is 8.78 Å². The molecule has 1 rings (SSSR count). The summed E-state index contributed by atoms with van der Waals surface area (Å²) in [7, 11) is 0. The first-order chi connectivity index (χ1) is 5.65. The van der Waals surface area contributed by atoms with E-state index < -0.39 is 12.6 Å². The van der Waals surface area contributed by atoms with Crippen molar-refractivity contribution >= 4 is 22.6 Å². The number of alkyl halides is 1. The molecule has 1 unspecified atom stereocenters. The van der Waals surface area contributed by atoms with Crippen LogP contribution >= 0.6 is 22.6 Å². The van der Waals surface area contributed by atoms with Gasteiger partial charge in [0.05, 0.1) is 6.67 Å². The standard InChI is InChI=1S/C9H8F2I/c1-6(5-10)7-2-3-9(12)8(11)4-7/h2-4,6H,1,5H2. The zero-order valence-corrected chi connectivity index (χ0v) is 8.52. The van der Waals surface area contributed by atoms with E-state index in [4.69, 9.17) is 0 Å². The Labute approximate surface area is 84.1 Å². The lowest BCUT2D eigenvalue weighted by Gasteiger charge is -2.06. The van der Waals surface area contributed by atoms with Gasteiger partial charge >= 0.3 is 0 Å². The Hall–Kier alpha value is -0.190. The zero-order valence-electron chi connectivity index (χ0n) is 6.36. The summed E-state index contributed by atoms with van der Waals surface area (Å²) in [6.07, 6.45) is 0. The molecule has 0 aromatic heterocycles. The molecule has 0 aliphatic rings. The van der Waals surface area contributed by atoms with Crippen molar-refractivity contribution in [2.45, 2.75) is 5.92 Å². The van der Waals surface area contributed by atoms with E-state index in [1.54, 1.807) is 12.1 Å². The largest absolute Gasteiger partial charge is 0.250 e. The fourth-order valence-corrected chi connectivity index (χ4v) is 1.19. The van der Waals surface area contributed by atoms with Gasteiger partial charge in [-0.1, -0.05) is 6.07 Å². The van der Waals surface area contributed by atoms with Gasteiger partial charge in [-0.15, -0.1) is 0 Å². The summed E-state index contributed by atoms with van der Waals surface area (Å²) in [5.41, 5.74) is 0.607. The summed E-state index contributed by atoms with van der Waals surface area (Å²) in [6, 6.07) is 4.65. The van der Waals surface area contributed by atoms with Crippen molar-refractivity contribution in [1.82, 2.24) is 0 Å². The molecular formula is C9H8F2I. The number of halogens is 3. The van der Waals surface area contributed by atoms with Crippen LogP contribution in [0.1, 0.15) is 11.5 Å². The Morgan fingerprint density at radius 1 is 1.50 bits per heavy atom. The Morgan fingerprint density at radius 2 is 2.17 bits per heavy atom. The van der Waals surface area contributed by atoms with Gasteiger partial charge in [-0.05, 0) is 47.2 Å². The van der Waals surface area contributed by atoms with Gasteiger partial charge in [0, 0.05) is 9.49 Å². The maximum atomic E-state index is 12.9. The van der Waals surface area contributed by atoms with Gasteiger partial charge in [0.1, 0.15) is 5.82 Å². The molecule has 1 aromatic carbocycles. The molecule has 0 aliphatic carbocycles. The second kappa shape index (κ2) is 4.16. The highest BCUT2D eigenvalue weighted by Gasteiger charge is 2.07. The van der Waals surface area contributed by atoms with Crippen LogP contribution in [-0.2, 0) is 0 Å². The molecule has 0 N–H and O–H groups in total. The fourth-order valence-electron chi connectivity index (χ4n) is 0.855. The van der Waals surface area contributed by atoms with Crippen molar-refractivity contribution in [1.29, 1.82) is 0 Å². The monoisotopic (exact) mass is 281 g/mol. The second-order valence-corrected chi connectivity index (χ2v) is 3.69. The maximum absolute atomic E-state index is 12.9. The maximum Gasteiger partial charge on any atom is 0.136 e. The number of rotatable bonds is 2. The predicted molar refractivity (Wildman–Crippen MR) is 53.2 cm³/mol. The van der Waals surface area contributed by atoms with Gasteiger partial charge < -0.3 is 0 Å². The van der Waals surface area contributed by atoms with Crippen molar-refractivity contribution in [2.75, 3.05) is 6.67 Å². The smallest absolute Gasteiger partial charge is 0.136 e. The van der Waals surface area contributed by atoms with Crippen LogP contribution in [0.5, 0.6) is 0 Å². The van der Waals surface area contributed by atoms with Crippen LogP contribution in [0.25, 0.3) is 0 Å². The molecule has 65 valence electrons. The van der Waals surface area contributed by atoms with Crippen molar-refractivity contribution in [3.63, 3.8) is 0 Å². The van der Waals surface area contributed by atoms with Gasteiger partial charge in [0.2, 0.25) is 0 Å². The SMILES string of the molecule is [CH2]C(CF)c1ccc(I)c(F)c1. The second-order valence-electron chi connectivity index (χ2n) is 2.52. The zero-order chi connectivity index (χ0) is 9.14. The Bertz CT molecular complexity index is 273. The summed E-state index contributed by atoms with van der Waals surface area (Å²) in [6.45, 7) is 3.00. The third-order valence-electron chi connectivity index (χ3n) is 1.60. The minimum Gasteiger partial charge on any atom is -0.250 e. The van der Waals surface area contributed by atoms with Gasteiger partial charge in [0.25, 0.3) is 0 Å². The first-order valence-electron chi connectivity index (χ1n) is 3.49. The van der Waals surface area contributed by atoms with Gasteiger partial charge in [0.15, 0.2) is 0 Å². The van der Waals surface area contributed by atoms with Crippen molar-refractivity contribution < 1.29 is 8.78 Å².